The molecule has 0 bridgehead atoms. The maximum atomic E-state index is 8.67. The van der Waals surface area contributed by atoms with Crippen LogP contribution >= 0.6 is 0 Å². The summed E-state index contributed by atoms with van der Waals surface area (Å²) in [5.74, 6) is 1.33. The van der Waals surface area contributed by atoms with Crippen LogP contribution in [0.2, 0.25) is 0 Å². The lowest BCUT2D eigenvalue weighted by Gasteiger charge is -2.05. The molecule has 0 atom stereocenters. The molecule has 3 heterocycles. The Balaban J connectivity index is 0.000000268. The number of furan rings is 1. The zero-order chi connectivity index (χ0) is 16.3. The molecule has 0 saturated heterocycles. The summed E-state index contributed by atoms with van der Waals surface area (Å²) in [6, 6.07) is 11.5. The molecule has 3 aromatic heterocycles. The highest BCUT2D eigenvalue weighted by atomic mass is 16.3. The van der Waals surface area contributed by atoms with Gasteiger partial charge in [-0.3, -0.25) is 4.98 Å². The predicted molar refractivity (Wildman–Crippen MR) is 86.4 cm³/mol. The average molecular weight is 307 g/mol. The topological polar surface area (TPSA) is 87.6 Å². The van der Waals surface area contributed by atoms with Crippen molar-refractivity contribution in [1.29, 1.82) is 5.26 Å². The van der Waals surface area contributed by atoms with Crippen molar-refractivity contribution >= 4 is 5.95 Å². The quantitative estimate of drug-likeness (QED) is 0.796. The Morgan fingerprint density at radius 2 is 2.04 bits per heavy atom. The molecule has 0 aromatic carbocycles. The molecule has 3 aromatic rings. The van der Waals surface area contributed by atoms with Crippen LogP contribution in [0.5, 0.6) is 0 Å². The van der Waals surface area contributed by atoms with E-state index >= 15 is 0 Å². The van der Waals surface area contributed by atoms with Gasteiger partial charge in [0.2, 0.25) is 5.95 Å². The van der Waals surface area contributed by atoms with Crippen molar-refractivity contribution < 1.29 is 4.42 Å². The molecule has 0 radical (unpaired) electrons. The van der Waals surface area contributed by atoms with Gasteiger partial charge in [0.05, 0.1) is 31.0 Å². The van der Waals surface area contributed by atoms with E-state index in [9.17, 15) is 0 Å². The number of nitrogens with zero attached hydrogens (tertiary/aromatic N) is 4. The Hall–Kier alpha value is -3.20. The van der Waals surface area contributed by atoms with Crippen LogP contribution in [0.15, 0.2) is 59.6 Å². The summed E-state index contributed by atoms with van der Waals surface area (Å²) in [5, 5.41) is 11.7. The summed E-state index contributed by atoms with van der Waals surface area (Å²) in [5.41, 5.74) is 1.68. The molecule has 0 aliphatic carbocycles. The van der Waals surface area contributed by atoms with Crippen molar-refractivity contribution in [2.24, 2.45) is 0 Å². The third-order valence-electron chi connectivity index (χ3n) is 2.89. The lowest BCUT2D eigenvalue weighted by molar-refractivity contribution is 0.517. The summed E-state index contributed by atoms with van der Waals surface area (Å²) < 4.78 is 5.19. The zero-order valence-electron chi connectivity index (χ0n) is 12.8. The summed E-state index contributed by atoms with van der Waals surface area (Å²) in [6.07, 6.45) is 7.13. The van der Waals surface area contributed by atoms with E-state index in [-0.39, 0.29) is 0 Å². The van der Waals surface area contributed by atoms with E-state index in [0.29, 0.717) is 18.9 Å². The average Bonchev–Trinajstić information content (AvgIpc) is 3.11. The molecular weight excluding hydrogens is 290 g/mol. The summed E-state index contributed by atoms with van der Waals surface area (Å²) >= 11 is 0. The Morgan fingerprint density at radius 3 is 2.61 bits per heavy atom. The minimum atomic E-state index is 0.295. The molecule has 0 fully saturated rings. The van der Waals surface area contributed by atoms with Gasteiger partial charge in [0, 0.05) is 18.6 Å². The SMILES string of the molecule is Cc1cnc(NCc2ccco2)nc1CC#N.c1ccncc1. The third kappa shape index (κ3) is 5.59. The lowest BCUT2D eigenvalue weighted by Crippen LogP contribution is -2.05. The van der Waals surface area contributed by atoms with Crippen LogP contribution in [0, 0.1) is 18.3 Å². The molecule has 0 amide bonds. The largest absolute Gasteiger partial charge is 0.467 e. The minimum absolute atomic E-state index is 0.295. The predicted octanol–water partition coefficient (Wildman–Crippen LogP) is 3.14. The number of nitrogens with one attached hydrogen (secondary N) is 1. The number of pyridine rings is 1. The normalized spacial score (nSPS) is 9.39. The van der Waals surface area contributed by atoms with E-state index < -0.39 is 0 Å². The van der Waals surface area contributed by atoms with Gasteiger partial charge in [0.1, 0.15) is 5.76 Å². The van der Waals surface area contributed by atoms with Gasteiger partial charge in [0.25, 0.3) is 0 Å². The lowest BCUT2D eigenvalue weighted by atomic mass is 10.2. The molecule has 1 N–H and O–H groups in total. The highest BCUT2D eigenvalue weighted by Crippen LogP contribution is 2.09. The highest BCUT2D eigenvalue weighted by molar-refractivity contribution is 5.30. The van der Waals surface area contributed by atoms with Gasteiger partial charge in [-0.2, -0.15) is 5.26 Å². The maximum absolute atomic E-state index is 8.67. The fourth-order valence-electron chi connectivity index (χ4n) is 1.71. The van der Waals surface area contributed by atoms with Crippen molar-refractivity contribution in [2.75, 3.05) is 5.32 Å². The van der Waals surface area contributed by atoms with Crippen molar-refractivity contribution in [3.63, 3.8) is 0 Å². The van der Waals surface area contributed by atoms with Gasteiger partial charge in [-0.1, -0.05) is 6.07 Å². The van der Waals surface area contributed by atoms with Gasteiger partial charge in [0.15, 0.2) is 0 Å². The molecule has 0 unspecified atom stereocenters. The van der Waals surface area contributed by atoms with Crippen LogP contribution in [0.25, 0.3) is 0 Å². The standard InChI is InChI=1S/C12H12N4O.C5H5N/c1-9-7-14-12(16-11(9)4-5-13)15-8-10-3-2-6-17-10;1-2-4-6-5-3-1/h2-3,6-7H,4,8H2,1H3,(H,14,15,16);1-5H. The molecule has 6 heteroatoms. The second kappa shape index (κ2) is 8.95. The Morgan fingerprint density at radius 1 is 1.22 bits per heavy atom. The Kier molecular flexibility index (Phi) is 6.29. The van der Waals surface area contributed by atoms with Crippen molar-refractivity contribution in [3.8, 4) is 6.07 Å². The fraction of sp³-hybridized carbons (Fsp3) is 0.176. The van der Waals surface area contributed by atoms with Crippen molar-refractivity contribution in [3.05, 3.63) is 72.2 Å². The van der Waals surface area contributed by atoms with Crippen LogP contribution in [0.1, 0.15) is 17.0 Å². The van der Waals surface area contributed by atoms with E-state index in [1.165, 1.54) is 0 Å². The molecular formula is C17H17N5O. The summed E-state index contributed by atoms with van der Waals surface area (Å²) in [7, 11) is 0. The van der Waals surface area contributed by atoms with Gasteiger partial charge in [-0.05, 0) is 36.8 Å². The number of hydrogen-bond acceptors (Lipinski definition) is 6. The van der Waals surface area contributed by atoms with Crippen LogP contribution in [0.3, 0.4) is 0 Å². The van der Waals surface area contributed by atoms with Crippen molar-refractivity contribution in [2.45, 2.75) is 19.9 Å². The second-order valence-corrected chi connectivity index (χ2v) is 4.62. The van der Waals surface area contributed by atoms with E-state index in [0.717, 1.165) is 17.0 Å². The first-order valence-electron chi connectivity index (χ1n) is 7.10. The molecule has 23 heavy (non-hydrogen) atoms. The first-order valence-corrected chi connectivity index (χ1v) is 7.10. The monoisotopic (exact) mass is 307 g/mol. The van der Waals surface area contributed by atoms with E-state index in [4.69, 9.17) is 9.68 Å². The van der Waals surface area contributed by atoms with Gasteiger partial charge in [-0.15, -0.1) is 0 Å². The minimum Gasteiger partial charge on any atom is -0.467 e. The third-order valence-corrected chi connectivity index (χ3v) is 2.89. The molecule has 0 spiro atoms. The highest BCUT2D eigenvalue weighted by Gasteiger charge is 2.04. The first kappa shape index (κ1) is 16.2. The first-order chi connectivity index (χ1) is 11.3. The number of aryl methyl sites for hydroxylation is 1. The fourth-order valence-corrected chi connectivity index (χ4v) is 1.71. The van der Waals surface area contributed by atoms with Gasteiger partial charge >= 0.3 is 0 Å². The number of aromatic nitrogens is 3. The van der Waals surface area contributed by atoms with Crippen LogP contribution in [0.4, 0.5) is 5.95 Å². The van der Waals surface area contributed by atoms with Crippen LogP contribution in [-0.4, -0.2) is 15.0 Å². The smallest absolute Gasteiger partial charge is 0.223 e. The maximum Gasteiger partial charge on any atom is 0.223 e. The molecule has 116 valence electrons. The van der Waals surface area contributed by atoms with Crippen LogP contribution in [-0.2, 0) is 13.0 Å². The number of anilines is 1. The van der Waals surface area contributed by atoms with Gasteiger partial charge in [-0.25, -0.2) is 9.97 Å². The van der Waals surface area contributed by atoms with E-state index in [1.807, 2.05) is 37.3 Å². The Labute approximate surface area is 134 Å². The summed E-state index contributed by atoms with van der Waals surface area (Å²) in [4.78, 5) is 12.2. The van der Waals surface area contributed by atoms with Gasteiger partial charge < -0.3 is 9.73 Å². The van der Waals surface area contributed by atoms with Crippen molar-refractivity contribution in [1.82, 2.24) is 15.0 Å². The number of rotatable bonds is 4. The second-order valence-electron chi connectivity index (χ2n) is 4.62. The van der Waals surface area contributed by atoms with Crippen LogP contribution < -0.4 is 5.32 Å². The molecule has 0 saturated carbocycles. The molecule has 0 aliphatic heterocycles. The number of hydrogen-bond donors (Lipinski definition) is 1. The molecule has 0 aliphatic rings. The molecule has 6 nitrogen and oxygen atoms in total. The summed E-state index contributed by atoms with van der Waals surface area (Å²) in [6.45, 7) is 2.42. The molecule has 3 rings (SSSR count). The number of nitriles is 1. The zero-order valence-corrected chi connectivity index (χ0v) is 12.8. The van der Waals surface area contributed by atoms with E-state index in [1.54, 1.807) is 24.9 Å². The van der Waals surface area contributed by atoms with E-state index in [2.05, 4.69) is 26.3 Å². The Bertz CT molecular complexity index is 709.